The number of benzene rings is 1. The lowest BCUT2D eigenvalue weighted by atomic mass is 10.0. The number of carbonyl (C=O) groups excluding carboxylic acids is 1. The number of hydrogen-bond donors (Lipinski definition) is 0. The van der Waals surface area contributed by atoms with Crippen LogP contribution in [0.1, 0.15) is 25.8 Å². The van der Waals surface area contributed by atoms with Crippen LogP contribution in [0.15, 0.2) is 22.6 Å². The molecule has 11 heteroatoms. The van der Waals surface area contributed by atoms with E-state index >= 15 is 0 Å². The van der Waals surface area contributed by atoms with E-state index in [1.165, 1.54) is 28.3 Å². The van der Waals surface area contributed by atoms with Crippen molar-refractivity contribution < 1.29 is 13.2 Å². The quantitative estimate of drug-likeness (QED) is 0.353. The number of amides is 1. The molecule has 1 fully saturated rings. The van der Waals surface area contributed by atoms with Crippen molar-refractivity contribution in [2.75, 3.05) is 31.3 Å². The SMILES string of the molecule is CN(C)/C=N/S(=O)(=O)CCCN1C(=S)N(c2ccc(C#N)c(Cl)c2)C(=O)C1(C)C. The van der Waals surface area contributed by atoms with E-state index in [9.17, 15) is 13.2 Å². The monoisotopic (exact) mass is 455 g/mol. The second-order valence-electron chi connectivity index (χ2n) is 7.23. The number of nitrogens with zero attached hydrogens (tertiary/aromatic N) is 5. The Balaban J connectivity index is 2.18. The third-order valence-corrected chi connectivity index (χ3v) is 6.31. The molecule has 1 saturated heterocycles. The zero-order valence-corrected chi connectivity index (χ0v) is 19.0. The van der Waals surface area contributed by atoms with Crippen LogP contribution >= 0.6 is 23.8 Å². The molecule has 156 valence electrons. The maximum Gasteiger partial charge on any atom is 0.258 e. The molecule has 8 nitrogen and oxygen atoms in total. The molecule has 0 atom stereocenters. The molecule has 0 spiro atoms. The Morgan fingerprint density at radius 3 is 2.59 bits per heavy atom. The van der Waals surface area contributed by atoms with Crippen molar-refractivity contribution in [3.8, 4) is 6.07 Å². The molecule has 29 heavy (non-hydrogen) atoms. The Hall–Kier alpha value is -2.22. The summed E-state index contributed by atoms with van der Waals surface area (Å²) in [6, 6.07) is 6.62. The van der Waals surface area contributed by atoms with Gasteiger partial charge in [0.05, 0.1) is 22.0 Å². The molecule has 0 aromatic heterocycles. The van der Waals surface area contributed by atoms with Crippen LogP contribution in [0.5, 0.6) is 0 Å². The molecule has 1 heterocycles. The van der Waals surface area contributed by atoms with Crippen molar-refractivity contribution in [2.45, 2.75) is 25.8 Å². The second-order valence-corrected chi connectivity index (χ2v) is 9.79. The fourth-order valence-electron chi connectivity index (χ4n) is 2.80. The van der Waals surface area contributed by atoms with Gasteiger partial charge in [-0.2, -0.15) is 9.66 Å². The van der Waals surface area contributed by atoms with Crippen molar-refractivity contribution in [2.24, 2.45) is 4.40 Å². The van der Waals surface area contributed by atoms with Crippen LogP contribution in [0.3, 0.4) is 0 Å². The van der Waals surface area contributed by atoms with E-state index in [0.29, 0.717) is 11.3 Å². The van der Waals surface area contributed by atoms with Crippen LogP contribution in [-0.2, 0) is 14.8 Å². The first-order valence-electron chi connectivity index (χ1n) is 8.71. The van der Waals surface area contributed by atoms with Crippen LogP contribution in [0, 0.1) is 11.3 Å². The van der Waals surface area contributed by atoms with Gasteiger partial charge in [0, 0.05) is 20.6 Å². The van der Waals surface area contributed by atoms with Crippen LogP contribution in [0.4, 0.5) is 5.69 Å². The molecule has 0 N–H and O–H groups in total. The van der Waals surface area contributed by atoms with Crippen LogP contribution < -0.4 is 4.90 Å². The molecule has 2 rings (SSSR count). The Bertz CT molecular complexity index is 999. The molecule has 0 radical (unpaired) electrons. The summed E-state index contributed by atoms with van der Waals surface area (Å²) in [7, 11) is -0.244. The standard InChI is InChI=1S/C18H22ClN5O3S2/c1-18(2)16(25)24(14-7-6-13(11-20)15(19)10-14)17(28)23(18)8-5-9-29(26,27)21-12-22(3)4/h6-7,10,12H,5,8-9H2,1-4H3/b21-12+. The summed E-state index contributed by atoms with van der Waals surface area (Å²) < 4.78 is 27.6. The minimum absolute atomic E-state index is 0.163. The van der Waals surface area contributed by atoms with Gasteiger partial charge in [-0.25, -0.2) is 8.42 Å². The third kappa shape index (κ3) is 5.04. The number of halogens is 1. The van der Waals surface area contributed by atoms with Crippen LogP contribution in [-0.4, -0.2) is 67.5 Å². The van der Waals surface area contributed by atoms with Gasteiger partial charge in [0.1, 0.15) is 17.9 Å². The molecule has 1 aliphatic heterocycles. The number of carbonyl (C=O) groups is 1. The topological polar surface area (TPSA) is 97.1 Å². The molecule has 0 bridgehead atoms. The van der Waals surface area contributed by atoms with E-state index in [0.717, 1.165) is 0 Å². The summed E-state index contributed by atoms with van der Waals surface area (Å²) in [4.78, 5) is 17.6. The molecular weight excluding hydrogens is 434 g/mol. The van der Waals surface area contributed by atoms with E-state index in [2.05, 4.69) is 4.40 Å². The Kier molecular flexibility index (Phi) is 6.88. The van der Waals surface area contributed by atoms with Crippen LogP contribution in [0.2, 0.25) is 5.02 Å². The van der Waals surface area contributed by atoms with Gasteiger partial charge in [0.25, 0.3) is 15.9 Å². The van der Waals surface area contributed by atoms with Crippen molar-refractivity contribution in [3.05, 3.63) is 28.8 Å². The predicted octanol–water partition coefficient (Wildman–Crippen LogP) is 2.23. The molecule has 1 aliphatic rings. The van der Waals surface area contributed by atoms with Gasteiger partial charge < -0.3 is 9.80 Å². The maximum atomic E-state index is 13.0. The first-order valence-corrected chi connectivity index (χ1v) is 11.1. The number of thiocarbonyl (C=S) groups is 1. The highest BCUT2D eigenvalue weighted by atomic mass is 35.5. The van der Waals surface area contributed by atoms with E-state index in [-0.39, 0.29) is 34.8 Å². The smallest absolute Gasteiger partial charge is 0.258 e. The fraction of sp³-hybridized carbons (Fsp3) is 0.444. The molecule has 1 amide bonds. The van der Waals surface area contributed by atoms with Gasteiger partial charge in [0.15, 0.2) is 5.11 Å². The van der Waals surface area contributed by atoms with Gasteiger partial charge in [-0.05, 0) is 50.7 Å². The lowest BCUT2D eigenvalue weighted by Gasteiger charge is -2.29. The van der Waals surface area contributed by atoms with Crippen molar-refractivity contribution in [1.82, 2.24) is 9.80 Å². The molecule has 1 aromatic carbocycles. The second kappa shape index (κ2) is 8.65. The van der Waals surface area contributed by atoms with E-state index in [1.54, 1.807) is 38.9 Å². The van der Waals surface area contributed by atoms with Gasteiger partial charge in [-0.3, -0.25) is 9.69 Å². The Morgan fingerprint density at radius 1 is 1.38 bits per heavy atom. The van der Waals surface area contributed by atoms with Crippen LogP contribution in [0.25, 0.3) is 0 Å². The minimum atomic E-state index is -3.60. The third-order valence-electron chi connectivity index (χ3n) is 4.38. The predicted molar refractivity (Wildman–Crippen MR) is 118 cm³/mol. The highest BCUT2D eigenvalue weighted by Crippen LogP contribution is 2.34. The number of hydrogen-bond acceptors (Lipinski definition) is 5. The number of sulfonamides is 1. The average Bonchev–Trinajstić information content (AvgIpc) is 2.79. The van der Waals surface area contributed by atoms with Crippen molar-refractivity contribution in [3.63, 3.8) is 0 Å². The number of rotatable bonds is 7. The average molecular weight is 456 g/mol. The molecular formula is C18H22ClN5O3S2. The Labute approximate surface area is 181 Å². The zero-order chi connectivity index (χ0) is 22.0. The summed E-state index contributed by atoms with van der Waals surface area (Å²) >= 11 is 11.6. The number of nitriles is 1. The van der Waals surface area contributed by atoms with Gasteiger partial charge >= 0.3 is 0 Å². The highest BCUT2D eigenvalue weighted by Gasteiger charge is 2.49. The summed E-state index contributed by atoms with van der Waals surface area (Å²) in [6.45, 7) is 3.73. The largest absolute Gasteiger partial charge is 0.368 e. The van der Waals surface area contributed by atoms with E-state index in [4.69, 9.17) is 29.1 Å². The number of anilines is 1. The normalized spacial score (nSPS) is 16.6. The summed E-state index contributed by atoms with van der Waals surface area (Å²) in [6.07, 6.45) is 1.49. The molecule has 0 unspecified atom stereocenters. The molecule has 0 saturated carbocycles. The van der Waals surface area contributed by atoms with Gasteiger partial charge in [-0.1, -0.05) is 11.6 Å². The zero-order valence-electron chi connectivity index (χ0n) is 16.6. The Morgan fingerprint density at radius 2 is 2.03 bits per heavy atom. The summed E-state index contributed by atoms with van der Waals surface area (Å²) in [5.74, 6) is -0.416. The molecule has 0 aliphatic carbocycles. The fourth-order valence-corrected chi connectivity index (χ4v) is 4.45. The van der Waals surface area contributed by atoms with Crippen molar-refractivity contribution in [1.29, 1.82) is 5.26 Å². The lowest BCUT2D eigenvalue weighted by molar-refractivity contribution is -0.123. The minimum Gasteiger partial charge on any atom is -0.368 e. The first-order chi connectivity index (χ1) is 13.4. The van der Waals surface area contributed by atoms with E-state index in [1.807, 2.05) is 6.07 Å². The summed E-state index contributed by atoms with van der Waals surface area (Å²) in [5, 5.41) is 9.51. The molecule has 1 aromatic rings. The maximum absolute atomic E-state index is 13.0. The first kappa shape index (κ1) is 23.1. The lowest BCUT2D eigenvalue weighted by Crippen LogP contribution is -2.44. The van der Waals surface area contributed by atoms with Gasteiger partial charge in [-0.15, -0.1) is 0 Å². The van der Waals surface area contributed by atoms with Crippen molar-refractivity contribution >= 4 is 56.9 Å². The van der Waals surface area contributed by atoms with E-state index < -0.39 is 15.6 Å². The highest BCUT2D eigenvalue weighted by molar-refractivity contribution is 7.90. The van der Waals surface area contributed by atoms with Gasteiger partial charge in [0.2, 0.25) is 0 Å². The summed E-state index contributed by atoms with van der Waals surface area (Å²) in [5.41, 5.74) is -0.191.